The number of oxime groups is 1. The highest BCUT2D eigenvalue weighted by atomic mass is 35.5. The molecule has 0 aliphatic carbocycles. The number of rotatable bonds is 5. The number of fused-ring (bicyclic) bond motifs is 1. The van der Waals surface area contributed by atoms with Crippen LogP contribution in [0.5, 0.6) is 0 Å². The first-order valence-corrected chi connectivity index (χ1v) is 8.20. The molecule has 1 N–H and O–H groups in total. The summed E-state index contributed by atoms with van der Waals surface area (Å²) in [5.74, 6) is 0.187. The van der Waals surface area contributed by atoms with Crippen LogP contribution in [0.1, 0.15) is 16.7 Å². The average molecular weight is 361 g/mol. The van der Waals surface area contributed by atoms with Crippen molar-refractivity contribution in [2.24, 2.45) is 10.1 Å². The van der Waals surface area contributed by atoms with Crippen molar-refractivity contribution in [3.63, 3.8) is 0 Å². The van der Waals surface area contributed by atoms with Crippen molar-refractivity contribution in [1.82, 2.24) is 9.88 Å². The average Bonchev–Trinajstić information content (AvgIpc) is 2.97. The van der Waals surface area contributed by atoms with Crippen molar-refractivity contribution in [3.05, 3.63) is 58.0 Å². The lowest BCUT2D eigenvalue weighted by molar-refractivity contribution is 0.318. The van der Waals surface area contributed by atoms with E-state index < -0.39 is 5.82 Å². The summed E-state index contributed by atoms with van der Waals surface area (Å²) in [5, 5.41) is 13.0. The minimum absolute atomic E-state index is 0.0475. The molecule has 0 spiro atoms. The van der Waals surface area contributed by atoms with Gasteiger partial charge in [0.15, 0.2) is 5.82 Å². The van der Waals surface area contributed by atoms with Gasteiger partial charge in [0, 0.05) is 42.4 Å². The highest BCUT2D eigenvalue weighted by Crippen LogP contribution is 2.29. The standard InChI is InChI=1S/C18H18ClFN4O/c1-24(2)10-12-9-14-13(5-6-21-18(14)22-12)17(23-25)8-11-3-4-16(20)15(19)7-11/h3-7,25H,8-10H2,1-2H3/b23-17+. The van der Waals surface area contributed by atoms with E-state index in [0.717, 1.165) is 28.9 Å². The molecule has 0 saturated heterocycles. The van der Waals surface area contributed by atoms with Crippen molar-refractivity contribution in [3.8, 4) is 0 Å². The largest absolute Gasteiger partial charge is 0.411 e. The van der Waals surface area contributed by atoms with Crippen LogP contribution in [-0.2, 0) is 12.8 Å². The summed E-state index contributed by atoms with van der Waals surface area (Å²) in [6.07, 6.45) is 2.65. The fourth-order valence-corrected chi connectivity index (χ4v) is 3.10. The number of pyridine rings is 1. The number of halogens is 2. The highest BCUT2D eigenvalue weighted by molar-refractivity contribution is 6.30. The number of aromatic nitrogens is 1. The molecular formula is C18H18ClFN4O. The fraction of sp³-hybridized carbons (Fsp3) is 0.278. The summed E-state index contributed by atoms with van der Waals surface area (Å²) in [6.45, 7) is 0.745. The predicted octanol–water partition coefficient (Wildman–Crippen LogP) is 3.49. The SMILES string of the molecule is CN(C)CC1=Nc2nccc(/C(Cc3ccc(F)c(Cl)c3)=N/O)c2C1. The minimum Gasteiger partial charge on any atom is -0.411 e. The molecular weight excluding hydrogens is 343 g/mol. The Labute approximate surface area is 150 Å². The van der Waals surface area contributed by atoms with Crippen LogP contribution in [0, 0.1) is 5.82 Å². The first-order valence-electron chi connectivity index (χ1n) is 7.82. The Hall–Kier alpha value is -2.31. The van der Waals surface area contributed by atoms with Gasteiger partial charge in [0.1, 0.15) is 5.82 Å². The van der Waals surface area contributed by atoms with E-state index in [0.29, 0.717) is 24.4 Å². The molecule has 1 aromatic carbocycles. The molecule has 0 fully saturated rings. The molecule has 0 amide bonds. The van der Waals surface area contributed by atoms with Gasteiger partial charge in [0.25, 0.3) is 0 Å². The zero-order chi connectivity index (χ0) is 18.0. The maximum Gasteiger partial charge on any atom is 0.156 e. The smallest absolute Gasteiger partial charge is 0.156 e. The first-order chi connectivity index (χ1) is 12.0. The van der Waals surface area contributed by atoms with Gasteiger partial charge >= 0.3 is 0 Å². The van der Waals surface area contributed by atoms with Crippen LogP contribution in [0.25, 0.3) is 0 Å². The highest BCUT2D eigenvalue weighted by Gasteiger charge is 2.22. The molecule has 5 nitrogen and oxygen atoms in total. The molecule has 2 aromatic rings. The zero-order valence-corrected chi connectivity index (χ0v) is 14.8. The number of hydrogen-bond acceptors (Lipinski definition) is 5. The lowest BCUT2D eigenvalue weighted by Crippen LogP contribution is -2.22. The molecule has 25 heavy (non-hydrogen) atoms. The molecule has 0 saturated carbocycles. The Balaban J connectivity index is 1.87. The second-order valence-electron chi connectivity index (χ2n) is 6.23. The lowest BCUT2D eigenvalue weighted by atomic mass is 9.97. The molecule has 7 heteroatoms. The number of aliphatic imine (C=N–C) groups is 1. The van der Waals surface area contributed by atoms with Gasteiger partial charge in [-0.2, -0.15) is 0 Å². The molecule has 2 heterocycles. The van der Waals surface area contributed by atoms with Crippen LogP contribution < -0.4 is 0 Å². The molecule has 3 rings (SSSR count). The Morgan fingerprint density at radius 2 is 2.16 bits per heavy atom. The molecule has 130 valence electrons. The van der Waals surface area contributed by atoms with Crippen LogP contribution in [-0.4, -0.2) is 47.2 Å². The van der Waals surface area contributed by atoms with E-state index in [4.69, 9.17) is 11.6 Å². The second kappa shape index (κ2) is 7.29. The van der Waals surface area contributed by atoms with E-state index in [-0.39, 0.29) is 5.02 Å². The third-order valence-electron chi connectivity index (χ3n) is 3.96. The van der Waals surface area contributed by atoms with Crippen LogP contribution in [0.4, 0.5) is 10.2 Å². The Bertz CT molecular complexity index is 864. The minimum atomic E-state index is -0.473. The lowest BCUT2D eigenvalue weighted by Gasteiger charge is -2.11. The van der Waals surface area contributed by atoms with Gasteiger partial charge in [-0.05, 0) is 37.9 Å². The Morgan fingerprint density at radius 3 is 2.84 bits per heavy atom. The zero-order valence-electron chi connectivity index (χ0n) is 14.0. The molecule has 0 atom stereocenters. The molecule has 1 aliphatic heterocycles. The molecule has 1 aliphatic rings. The quantitative estimate of drug-likeness (QED) is 0.504. The van der Waals surface area contributed by atoms with Gasteiger partial charge in [-0.15, -0.1) is 0 Å². The second-order valence-corrected chi connectivity index (χ2v) is 6.63. The van der Waals surface area contributed by atoms with Gasteiger partial charge < -0.3 is 10.1 Å². The van der Waals surface area contributed by atoms with Gasteiger partial charge in [0.05, 0.1) is 10.7 Å². The monoisotopic (exact) mass is 360 g/mol. The van der Waals surface area contributed by atoms with E-state index in [1.807, 2.05) is 25.1 Å². The van der Waals surface area contributed by atoms with Crippen molar-refractivity contribution < 1.29 is 9.60 Å². The molecule has 0 unspecified atom stereocenters. The third kappa shape index (κ3) is 3.86. The number of benzene rings is 1. The van der Waals surface area contributed by atoms with Crippen LogP contribution in [0.2, 0.25) is 5.02 Å². The van der Waals surface area contributed by atoms with E-state index >= 15 is 0 Å². The van der Waals surface area contributed by atoms with Crippen molar-refractivity contribution >= 4 is 28.8 Å². The Morgan fingerprint density at radius 1 is 1.36 bits per heavy atom. The molecule has 0 bridgehead atoms. The normalized spacial score (nSPS) is 14.0. The number of nitrogens with zero attached hydrogens (tertiary/aromatic N) is 4. The van der Waals surface area contributed by atoms with Gasteiger partial charge in [-0.1, -0.05) is 22.8 Å². The summed E-state index contributed by atoms with van der Waals surface area (Å²) in [7, 11) is 3.97. The molecule has 0 radical (unpaired) electrons. The van der Waals surface area contributed by atoms with E-state index in [2.05, 4.69) is 15.1 Å². The van der Waals surface area contributed by atoms with Gasteiger partial charge in [-0.25, -0.2) is 14.4 Å². The van der Waals surface area contributed by atoms with Crippen LogP contribution in [0.15, 0.2) is 40.6 Å². The van der Waals surface area contributed by atoms with E-state index in [1.54, 1.807) is 12.3 Å². The first kappa shape index (κ1) is 17.5. The summed E-state index contributed by atoms with van der Waals surface area (Å²) >= 11 is 5.84. The van der Waals surface area contributed by atoms with Crippen molar-refractivity contribution in [2.75, 3.05) is 20.6 Å². The summed E-state index contributed by atoms with van der Waals surface area (Å²) in [6, 6.07) is 6.29. The fourth-order valence-electron chi connectivity index (χ4n) is 2.90. The Kier molecular flexibility index (Phi) is 5.11. The predicted molar refractivity (Wildman–Crippen MR) is 97.0 cm³/mol. The van der Waals surface area contributed by atoms with E-state index in [1.165, 1.54) is 12.1 Å². The van der Waals surface area contributed by atoms with Crippen LogP contribution in [0.3, 0.4) is 0 Å². The summed E-state index contributed by atoms with van der Waals surface area (Å²) < 4.78 is 13.3. The van der Waals surface area contributed by atoms with Crippen LogP contribution >= 0.6 is 11.6 Å². The van der Waals surface area contributed by atoms with Gasteiger partial charge in [0.2, 0.25) is 0 Å². The summed E-state index contributed by atoms with van der Waals surface area (Å²) in [4.78, 5) is 10.9. The van der Waals surface area contributed by atoms with Crippen molar-refractivity contribution in [2.45, 2.75) is 12.8 Å². The molecule has 1 aromatic heterocycles. The maximum atomic E-state index is 13.3. The van der Waals surface area contributed by atoms with Crippen molar-refractivity contribution in [1.29, 1.82) is 0 Å². The maximum absolute atomic E-state index is 13.3. The van der Waals surface area contributed by atoms with Gasteiger partial charge in [-0.3, -0.25) is 0 Å². The number of hydrogen-bond donors (Lipinski definition) is 1. The van der Waals surface area contributed by atoms with E-state index in [9.17, 15) is 9.60 Å². The topological polar surface area (TPSA) is 61.1 Å². The third-order valence-corrected chi connectivity index (χ3v) is 4.25. The summed E-state index contributed by atoms with van der Waals surface area (Å²) in [5.41, 5.74) is 3.99.